The molecule has 0 heterocycles. The lowest BCUT2D eigenvalue weighted by Gasteiger charge is -2.10. The molecular weight excluding hydrogens is 218 g/mol. The minimum Gasteiger partial charge on any atom is -0.397 e. The highest BCUT2D eigenvalue weighted by Gasteiger charge is 2.06. The Labute approximate surface area is 101 Å². The minimum atomic E-state index is 0.0101. The van der Waals surface area contributed by atoms with Crippen molar-refractivity contribution in [3.8, 4) is 0 Å². The molecule has 1 atom stereocenters. The summed E-state index contributed by atoms with van der Waals surface area (Å²) in [5.74, 6) is 0. The average Bonchev–Trinajstić information content (AvgIpc) is 2.25. The van der Waals surface area contributed by atoms with Crippen molar-refractivity contribution < 1.29 is 4.74 Å². The van der Waals surface area contributed by atoms with Crippen LogP contribution in [-0.4, -0.2) is 19.7 Å². The second-order valence-corrected chi connectivity index (χ2v) is 3.91. The molecule has 6 heteroatoms. The lowest BCUT2D eigenvalue weighted by Crippen LogP contribution is -2.21. The normalized spacial score (nSPS) is 13.1. The van der Waals surface area contributed by atoms with Crippen LogP contribution < -0.4 is 17.2 Å². The number of nitrogen functional groups attached to an aromatic ring is 2. The number of benzene rings is 1. The highest BCUT2D eigenvalue weighted by Crippen LogP contribution is 2.30. The molecule has 0 aliphatic carbocycles. The van der Waals surface area contributed by atoms with Gasteiger partial charge in [-0.25, -0.2) is 0 Å². The molecule has 0 unspecified atom stereocenters. The molecule has 0 aromatic heterocycles. The Kier molecular flexibility index (Phi) is 4.86. The number of rotatable bonds is 5. The van der Waals surface area contributed by atoms with E-state index in [-0.39, 0.29) is 6.04 Å². The van der Waals surface area contributed by atoms with Crippen molar-refractivity contribution in [1.82, 2.24) is 0 Å². The molecule has 6 nitrogen and oxygen atoms in total. The number of azo groups is 1. The van der Waals surface area contributed by atoms with Gasteiger partial charge in [0.15, 0.2) is 0 Å². The first-order valence-corrected chi connectivity index (χ1v) is 5.35. The summed E-state index contributed by atoms with van der Waals surface area (Å²) in [7, 11) is 1.58. The number of nitrogens with two attached hydrogens (primary N) is 3. The zero-order valence-electron chi connectivity index (χ0n) is 10.2. The summed E-state index contributed by atoms with van der Waals surface area (Å²) in [6, 6.07) is 3.58. The molecule has 0 aliphatic rings. The van der Waals surface area contributed by atoms with E-state index in [2.05, 4.69) is 10.2 Å². The van der Waals surface area contributed by atoms with Gasteiger partial charge < -0.3 is 21.9 Å². The highest BCUT2D eigenvalue weighted by molar-refractivity contribution is 5.77. The summed E-state index contributed by atoms with van der Waals surface area (Å²) in [6.07, 6.45) is 0. The van der Waals surface area contributed by atoms with E-state index in [9.17, 15) is 0 Å². The second kappa shape index (κ2) is 6.17. The first kappa shape index (κ1) is 13.4. The van der Waals surface area contributed by atoms with Crippen LogP contribution in [0.25, 0.3) is 0 Å². The summed E-state index contributed by atoms with van der Waals surface area (Å²) in [4.78, 5) is 0. The smallest absolute Gasteiger partial charge is 0.111 e. The van der Waals surface area contributed by atoms with Crippen LogP contribution in [0.4, 0.5) is 17.1 Å². The lowest BCUT2D eigenvalue weighted by atomic mass is 10.1. The summed E-state index contributed by atoms with van der Waals surface area (Å²) in [5.41, 5.74) is 19.5. The van der Waals surface area contributed by atoms with Crippen LogP contribution in [0.15, 0.2) is 22.4 Å². The van der Waals surface area contributed by atoms with Crippen molar-refractivity contribution in [3.05, 3.63) is 17.7 Å². The van der Waals surface area contributed by atoms with Gasteiger partial charge in [0, 0.05) is 13.1 Å². The fourth-order valence-corrected chi connectivity index (χ4v) is 1.36. The van der Waals surface area contributed by atoms with Crippen LogP contribution in [0, 0.1) is 0 Å². The Hall–Kier alpha value is -1.66. The van der Waals surface area contributed by atoms with Crippen LogP contribution in [-0.2, 0) is 11.3 Å². The zero-order chi connectivity index (χ0) is 12.8. The molecule has 0 fully saturated rings. The molecule has 0 radical (unpaired) electrons. The number of ether oxygens (including phenoxy) is 1. The highest BCUT2D eigenvalue weighted by atomic mass is 16.5. The van der Waals surface area contributed by atoms with Gasteiger partial charge in [-0.15, -0.1) is 0 Å². The van der Waals surface area contributed by atoms with Gasteiger partial charge in [0.05, 0.1) is 24.6 Å². The Bertz CT molecular complexity index is 403. The first-order valence-electron chi connectivity index (χ1n) is 5.35. The van der Waals surface area contributed by atoms with E-state index in [0.717, 1.165) is 5.56 Å². The van der Waals surface area contributed by atoms with Gasteiger partial charge in [0.2, 0.25) is 0 Å². The second-order valence-electron chi connectivity index (χ2n) is 3.91. The Balaban J connectivity index is 2.79. The zero-order valence-corrected chi connectivity index (χ0v) is 10.2. The number of anilines is 2. The third kappa shape index (κ3) is 4.01. The van der Waals surface area contributed by atoms with Crippen molar-refractivity contribution in [1.29, 1.82) is 0 Å². The van der Waals surface area contributed by atoms with Crippen LogP contribution in [0.2, 0.25) is 0 Å². The van der Waals surface area contributed by atoms with Crippen molar-refractivity contribution >= 4 is 17.1 Å². The molecule has 0 saturated carbocycles. The first-order chi connectivity index (χ1) is 8.04. The van der Waals surface area contributed by atoms with E-state index in [1.165, 1.54) is 0 Å². The molecule has 0 spiro atoms. The van der Waals surface area contributed by atoms with Crippen LogP contribution in [0.3, 0.4) is 0 Å². The van der Waals surface area contributed by atoms with Crippen LogP contribution in [0.5, 0.6) is 0 Å². The molecule has 1 aromatic rings. The maximum absolute atomic E-state index is 5.78. The van der Waals surface area contributed by atoms with Gasteiger partial charge in [-0.2, -0.15) is 10.2 Å². The molecule has 94 valence electrons. The molecule has 17 heavy (non-hydrogen) atoms. The van der Waals surface area contributed by atoms with E-state index >= 15 is 0 Å². The largest absolute Gasteiger partial charge is 0.397 e. The van der Waals surface area contributed by atoms with Crippen LogP contribution >= 0.6 is 0 Å². The van der Waals surface area contributed by atoms with Crippen molar-refractivity contribution in [2.24, 2.45) is 16.0 Å². The van der Waals surface area contributed by atoms with Crippen molar-refractivity contribution in [3.63, 3.8) is 0 Å². The number of hydrogen-bond acceptors (Lipinski definition) is 6. The molecule has 0 bridgehead atoms. The SMILES string of the molecule is CN=Nc1cc(COC[C@@H](C)N)cc(N)c1N. The topological polar surface area (TPSA) is 112 Å². The molecule has 0 amide bonds. The van der Waals surface area contributed by atoms with Gasteiger partial charge in [0.25, 0.3) is 0 Å². The van der Waals surface area contributed by atoms with E-state index in [4.69, 9.17) is 21.9 Å². The Morgan fingerprint density at radius 3 is 2.65 bits per heavy atom. The molecule has 6 N–H and O–H groups in total. The van der Waals surface area contributed by atoms with Crippen LogP contribution in [0.1, 0.15) is 12.5 Å². The van der Waals surface area contributed by atoms with Gasteiger partial charge in [-0.1, -0.05) is 0 Å². The van der Waals surface area contributed by atoms with E-state index in [1.807, 2.05) is 6.92 Å². The standard InChI is InChI=1S/C11H19N5O/c1-7(12)5-17-6-8-3-9(13)11(14)10(4-8)16-15-2/h3-4,7H,5-6,12-14H2,1-2H3/t7-/m1/s1. The summed E-state index contributed by atoms with van der Waals surface area (Å²) < 4.78 is 5.42. The minimum absolute atomic E-state index is 0.0101. The molecule has 1 aromatic carbocycles. The fraction of sp³-hybridized carbons (Fsp3) is 0.455. The predicted molar refractivity (Wildman–Crippen MR) is 69.0 cm³/mol. The summed E-state index contributed by atoms with van der Waals surface area (Å²) >= 11 is 0. The van der Waals surface area contributed by atoms with Gasteiger partial charge in [-0.05, 0) is 24.6 Å². The summed E-state index contributed by atoms with van der Waals surface area (Å²) in [6.45, 7) is 2.81. The fourth-order valence-electron chi connectivity index (χ4n) is 1.36. The predicted octanol–water partition coefficient (Wildman–Crippen LogP) is 1.43. The number of nitrogens with zero attached hydrogens (tertiary/aromatic N) is 2. The number of hydrogen-bond donors (Lipinski definition) is 3. The molecule has 0 saturated heterocycles. The monoisotopic (exact) mass is 237 g/mol. The van der Waals surface area contributed by atoms with Gasteiger partial charge >= 0.3 is 0 Å². The Morgan fingerprint density at radius 2 is 2.06 bits per heavy atom. The van der Waals surface area contributed by atoms with E-state index in [0.29, 0.717) is 30.3 Å². The molecule has 0 aliphatic heterocycles. The van der Waals surface area contributed by atoms with E-state index in [1.54, 1.807) is 19.2 Å². The third-order valence-corrected chi connectivity index (χ3v) is 2.11. The van der Waals surface area contributed by atoms with Gasteiger partial charge in [-0.3, -0.25) is 0 Å². The lowest BCUT2D eigenvalue weighted by molar-refractivity contribution is 0.111. The average molecular weight is 237 g/mol. The summed E-state index contributed by atoms with van der Waals surface area (Å²) in [5, 5.41) is 7.60. The quantitative estimate of drug-likeness (QED) is 0.531. The maximum Gasteiger partial charge on any atom is 0.111 e. The molecule has 1 rings (SSSR count). The molecular formula is C11H19N5O. The van der Waals surface area contributed by atoms with Gasteiger partial charge in [0.1, 0.15) is 5.69 Å². The maximum atomic E-state index is 5.78. The van der Waals surface area contributed by atoms with Crippen molar-refractivity contribution in [2.75, 3.05) is 25.1 Å². The Morgan fingerprint density at radius 1 is 1.35 bits per heavy atom. The third-order valence-electron chi connectivity index (χ3n) is 2.11. The van der Waals surface area contributed by atoms with Crippen molar-refractivity contribution in [2.45, 2.75) is 19.6 Å². The van der Waals surface area contributed by atoms with E-state index < -0.39 is 0 Å².